The first-order chi connectivity index (χ1) is 8.58. The summed E-state index contributed by atoms with van der Waals surface area (Å²) in [7, 11) is 0. The van der Waals surface area contributed by atoms with Crippen molar-refractivity contribution in [3.05, 3.63) is 23.8 Å². The van der Waals surface area contributed by atoms with Crippen LogP contribution in [0.3, 0.4) is 0 Å². The van der Waals surface area contributed by atoms with Gasteiger partial charge in [-0.25, -0.2) is 0 Å². The third-order valence-electron chi connectivity index (χ3n) is 3.57. The highest BCUT2D eigenvalue weighted by atomic mass is 16.5. The first kappa shape index (κ1) is 12.8. The third-order valence-corrected chi connectivity index (χ3v) is 3.57. The van der Waals surface area contributed by atoms with Gasteiger partial charge in [-0.15, -0.1) is 0 Å². The molecule has 2 N–H and O–H groups in total. The van der Waals surface area contributed by atoms with Gasteiger partial charge in [-0.1, -0.05) is 13.8 Å². The molecule has 1 aromatic rings. The average molecular weight is 244 g/mol. The molecule has 1 aliphatic carbocycles. The minimum absolute atomic E-state index is 0.249. The van der Waals surface area contributed by atoms with Crippen LogP contribution in [-0.2, 0) is 0 Å². The van der Waals surface area contributed by atoms with Gasteiger partial charge in [-0.3, -0.25) is 0 Å². The van der Waals surface area contributed by atoms with Crippen molar-refractivity contribution in [3.63, 3.8) is 0 Å². The summed E-state index contributed by atoms with van der Waals surface area (Å²) in [5.41, 5.74) is 7.04. The predicted molar refractivity (Wildman–Crippen MR) is 72.2 cm³/mol. The van der Waals surface area contributed by atoms with Crippen LogP contribution in [0.5, 0.6) is 5.75 Å². The summed E-state index contributed by atoms with van der Waals surface area (Å²) in [4.78, 5) is 0. The lowest BCUT2D eigenvalue weighted by molar-refractivity contribution is 0.102. The zero-order valence-corrected chi connectivity index (χ0v) is 11.0. The number of hydrogen-bond donors (Lipinski definition) is 1. The van der Waals surface area contributed by atoms with Gasteiger partial charge >= 0.3 is 0 Å². The van der Waals surface area contributed by atoms with Crippen molar-refractivity contribution in [2.24, 2.45) is 11.8 Å². The molecule has 3 heteroatoms. The number of nitrogens with zero attached hydrogens (tertiary/aromatic N) is 1. The number of anilines is 1. The summed E-state index contributed by atoms with van der Waals surface area (Å²) in [5, 5.41) is 8.80. The van der Waals surface area contributed by atoms with Gasteiger partial charge in [0.05, 0.1) is 23.4 Å². The molecule has 3 nitrogen and oxygen atoms in total. The largest absolute Gasteiger partial charge is 0.488 e. The Hall–Kier alpha value is -1.69. The van der Waals surface area contributed by atoms with E-state index in [0.717, 1.165) is 12.8 Å². The van der Waals surface area contributed by atoms with E-state index in [1.54, 1.807) is 18.2 Å². The molecule has 0 amide bonds. The van der Waals surface area contributed by atoms with Crippen molar-refractivity contribution in [1.82, 2.24) is 0 Å². The normalized spacial score (nSPS) is 27.5. The topological polar surface area (TPSA) is 59.0 Å². The molecule has 96 valence electrons. The number of ether oxygens (including phenoxy) is 1. The number of nitrogens with two attached hydrogens (primary N) is 1. The molecule has 0 aromatic heterocycles. The zero-order chi connectivity index (χ0) is 13.1. The quantitative estimate of drug-likeness (QED) is 0.812. The first-order valence-corrected chi connectivity index (χ1v) is 6.54. The maximum absolute atomic E-state index is 8.80. The van der Waals surface area contributed by atoms with E-state index in [-0.39, 0.29) is 6.10 Å². The van der Waals surface area contributed by atoms with Crippen LogP contribution in [-0.4, -0.2) is 6.10 Å². The van der Waals surface area contributed by atoms with E-state index in [2.05, 4.69) is 19.9 Å². The molecule has 1 fully saturated rings. The van der Waals surface area contributed by atoms with Gasteiger partial charge in [0, 0.05) is 0 Å². The van der Waals surface area contributed by atoms with Crippen molar-refractivity contribution in [2.45, 2.75) is 39.2 Å². The third kappa shape index (κ3) is 2.95. The summed E-state index contributed by atoms with van der Waals surface area (Å²) in [6.07, 6.45) is 3.70. The van der Waals surface area contributed by atoms with Crippen LogP contribution in [0.25, 0.3) is 0 Å². The monoisotopic (exact) mass is 244 g/mol. The molecule has 0 bridgehead atoms. The van der Waals surface area contributed by atoms with Crippen LogP contribution in [0.4, 0.5) is 5.69 Å². The Balaban J connectivity index is 2.07. The first-order valence-electron chi connectivity index (χ1n) is 6.54. The van der Waals surface area contributed by atoms with Gasteiger partial charge in [-0.05, 0) is 49.3 Å². The van der Waals surface area contributed by atoms with Crippen molar-refractivity contribution in [1.29, 1.82) is 5.26 Å². The number of benzene rings is 1. The van der Waals surface area contributed by atoms with Crippen LogP contribution in [0.1, 0.15) is 38.7 Å². The number of nitrogen functional groups attached to an aromatic ring is 1. The van der Waals surface area contributed by atoms with Crippen molar-refractivity contribution >= 4 is 5.69 Å². The highest BCUT2D eigenvalue weighted by Gasteiger charge is 2.25. The SMILES string of the molecule is CC1CC(C)CC(Oc2ccc(C#N)cc2N)C1. The molecule has 0 aliphatic heterocycles. The predicted octanol–water partition coefficient (Wildman–Crippen LogP) is 3.34. The number of nitriles is 1. The van der Waals surface area contributed by atoms with E-state index in [4.69, 9.17) is 15.7 Å². The Morgan fingerprint density at radius 1 is 1.22 bits per heavy atom. The maximum atomic E-state index is 8.80. The molecule has 2 atom stereocenters. The summed E-state index contributed by atoms with van der Waals surface area (Å²) in [5.74, 6) is 2.12. The van der Waals surface area contributed by atoms with Crippen LogP contribution in [0.15, 0.2) is 18.2 Å². The van der Waals surface area contributed by atoms with Gasteiger partial charge in [0.1, 0.15) is 5.75 Å². The van der Waals surface area contributed by atoms with Crippen molar-refractivity contribution in [3.8, 4) is 11.8 Å². The second kappa shape index (κ2) is 5.30. The Morgan fingerprint density at radius 2 is 1.89 bits per heavy atom. The lowest BCUT2D eigenvalue weighted by Gasteiger charge is -2.32. The van der Waals surface area contributed by atoms with Gasteiger partial charge in [-0.2, -0.15) is 5.26 Å². The maximum Gasteiger partial charge on any atom is 0.142 e. The highest BCUT2D eigenvalue weighted by Crippen LogP contribution is 2.33. The molecule has 0 saturated heterocycles. The van der Waals surface area contributed by atoms with E-state index in [1.165, 1.54) is 6.42 Å². The van der Waals surface area contributed by atoms with Crippen LogP contribution >= 0.6 is 0 Å². The molecule has 18 heavy (non-hydrogen) atoms. The van der Waals surface area contributed by atoms with Crippen LogP contribution in [0, 0.1) is 23.2 Å². The molecule has 0 radical (unpaired) electrons. The van der Waals surface area contributed by atoms with Gasteiger partial charge in [0.15, 0.2) is 0 Å². The molecular weight excluding hydrogens is 224 g/mol. The molecule has 1 aromatic carbocycles. The number of rotatable bonds is 2. The standard InChI is InChI=1S/C15H20N2O/c1-10-5-11(2)7-13(6-10)18-15-4-3-12(9-16)8-14(15)17/h3-4,8,10-11,13H,5-7,17H2,1-2H3. The smallest absolute Gasteiger partial charge is 0.142 e. The van der Waals surface area contributed by atoms with E-state index >= 15 is 0 Å². The van der Waals surface area contributed by atoms with Crippen molar-refractivity contribution in [2.75, 3.05) is 5.73 Å². The van der Waals surface area contributed by atoms with E-state index in [0.29, 0.717) is 28.8 Å². The molecule has 0 spiro atoms. The van der Waals surface area contributed by atoms with Crippen LogP contribution < -0.4 is 10.5 Å². The lowest BCUT2D eigenvalue weighted by atomic mass is 9.82. The fourth-order valence-electron chi connectivity index (χ4n) is 2.87. The Labute approximate surface area is 109 Å². The molecule has 2 rings (SSSR count). The second-order valence-corrected chi connectivity index (χ2v) is 5.52. The van der Waals surface area contributed by atoms with E-state index in [9.17, 15) is 0 Å². The lowest BCUT2D eigenvalue weighted by Crippen LogP contribution is -2.28. The minimum Gasteiger partial charge on any atom is -0.488 e. The van der Waals surface area contributed by atoms with Gasteiger partial charge in [0.25, 0.3) is 0 Å². The van der Waals surface area contributed by atoms with E-state index in [1.807, 2.05) is 0 Å². The Morgan fingerprint density at radius 3 is 2.44 bits per heavy atom. The second-order valence-electron chi connectivity index (χ2n) is 5.52. The molecule has 0 heterocycles. The van der Waals surface area contributed by atoms with Crippen molar-refractivity contribution < 1.29 is 4.74 Å². The molecule has 2 unspecified atom stereocenters. The summed E-state index contributed by atoms with van der Waals surface area (Å²) in [6.45, 7) is 4.54. The van der Waals surface area contributed by atoms with E-state index < -0.39 is 0 Å². The molecular formula is C15H20N2O. The highest BCUT2D eigenvalue weighted by molar-refractivity contribution is 5.56. The minimum atomic E-state index is 0.249. The Bertz CT molecular complexity index is 454. The Kier molecular flexibility index (Phi) is 3.76. The van der Waals surface area contributed by atoms with Crippen LogP contribution in [0.2, 0.25) is 0 Å². The molecule has 1 saturated carbocycles. The fourth-order valence-corrected chi connectivity index (χ4v) is 2.87. The zero-order valence-electron chi connectivity index (χ0n) is 11.0. The number of hydrogen-bond acceptors (Lipinski definition) is 3. The fraction of sp³-hybridized carbons (Fsp3) is 0.533. The molecule has 1 aliphatic rings. The summed E-state index contributed by atoms with van der Waals surface area (Å²) in [6, 6.07) is 7.30. The van der Waals surface area contributed by atoms with Gasteiger partial charge in [0.2, 0.25) is 0 Å². The summed E-state index contributed by atoms with van der Waals surface area (Å²) >= 11 is 0. The summed E-state index contributed by atoms with van der Waals surface area (Å²) < 4.78 is 5.99. The average Bonchev–Trinajstić information content (AvgIpc) is 2.30. The van der Waals surface area contributed by atoms with Gasteiger partial charge < -0.3 is 10.5 Å².